The zero-order valence-electron chi connectivity index (χ0n) is 18.6. The highest BCUT2D eigenvalue weighted by Gasteiger charge is 2.52. The maximum Gasteiger partial charge on any atom is 0.325 e. The first kappa shape index (κ1) is 22.3. The standard InChI is InChI=1S/C23H31N5O4/c1-2-32-16-8-15-27-18-10-4-3-9-17(18)24-21(27)25-19(29)11-7-14-28-20(30)23(26-22(28)31)12-5-6-13-23/h3-4,9-10H,2,5-8,11-16H2,1H3,(H,26,31)(H,24,25,29). The number of carbonyl (C=O) groups excluding carboxylic acids is 3. The number of nitrogens with zero attached hydrogens (tertiary/aromatic N) is 3. The van der Waals surface area contributed by atoms with Crippen molar-refractivity contribution in [1.29, 1.82) is 0 Å². The fourth-order valence-corrected chi connectivity index (χ4v) is 4.65. The summed E-state index contributed by atoms with van der Waals surface area (Å²) in [6.45, 7) is 4.20. The van der Waals surface area contributed by atoms with Gasteiger partial charge >= 0.3 is 6.03 Å². The third-order valence-corrected chi connectivity index (χ3v) is 6.27. The first-order valence-corrected chi connectivity index (χ1v) is 11.5. The Morgan fingerprint density at radius 1 is 1.19 bits per heavy atom. The number of benzene rings is 1. The molecular weight excluding hydrogens is 410 g/mol. The molecule has 2 aromatic rings. The van der Waals surface area contributed by atoms with Crippen molar-refractivity contribution in [2.45, 2.75) is 64.0 Å². The average molecular weight is 442 g/mol. The summed E-state index contributed by atoms with van der Waals surface area (Å²) >= 11 is 0. The number of carbonyl (C=O) groups is 3. The number of ether oxygens (including phenoxy) is 1. The SMILES string of the molecule is CCOCCCn1c(NC(=O)CCCN2C(=O)NC3(CCCC3)C2=O)nc2ccccc21. The van der Waals surface area contributed by atoms with E-state index in [0.717, 1.165) is 30.3 Å². The average Bonchev–Trinajstić information content (AvgIpc) is 3.44. The summed E-state index contributed by atoms with van der Waals surface area (Å²) in [7, 11) is 0. The number of imide groups is 1. The highest BCUT2D eigenvalue weighted by molar-refractivity contribution is 6.07. The molecule has 0 bridgehead atoms. The summed E-state index contributed by atoms with van der Waals surface area (Å²) in [5.41, 5.74) is 1.08. The summed E-state index contributed by atoms with van der Waals surface area (Å²) < 4.78 is 7.43. The molecule has 172 valence electrons. The lowest BCUT2D eigenvalue weighted by molar-refractivity contribution is -0.131. The quantitative estimate of drug-likeness (QED) is 0.435. The van der Waals surface area contributed by atoms with Crippen molar-refractivity contribution in [3.63, 3.8) is 0 Å². The molecule has 0 unspecified atom stereocenters. The summed E-state index contributed by atoms with van der Waals surface area (Å²) in [6.07, 6.45) is 4.73. The number of aromatic nitrogens is 2. The molecule has 1 aromatic heterocycles. The van der Waals surface area contributed by atoms with Crippen LogP contribution in [0.15, 0.2) is 24.3 Å². The Morgan fingerprint density at radius 2 is 1.97 bits per heavy atom. The van der Waals surface area contributed by atoms with Crippen LogP contribution in [0.5, 0.6) is 0 Å². The van der Waals surface area contributed by atoms with Gasteiger partial charge in [0.25, 0.3) is 5.91 Å². The van der Waals surface area contributed by atoms with Gasteiger partial charge < -0.3 is 14.6 Å². The number of hydrogen-bond acceptors (Lipinski definition) is 5. The molecule has 9 heteroatoms. The third kappa shape index (κ3) is 4.48. The maximum atomic E-state index is 12.7. The number of hydrogen-bond donors (Lipinski definition) is 2. The number of urea groups is 1. The number of aryl methyl sites for hydroxylation is 1. The highest BCUT2D eigenvalue weighted by atomic mass is 16.5. The van der Waals surface area contributed by atoms with Crippen molar-refractivity contribution in [2.24, 2.45) is 0 Å². The van der Waals surface area contributed by atoms with E-state index in [4.69, 9.17) is 4.74 Å². The summed E-state index contributed by atoms with van der Waals surface area (Å²) in [6, 6.07) is 7.42. The van der Waals surface area contributed by atoms with Crippen LogP contribution in [0.25, 0.3) is 11.0 Å². The molecule has 2 fully saturated rings. The Morgan fingerprint density at radius 3 is 2.75 bits per heavy atom. The van der Waals surface area contributed by atoms with E-state index < -0.39 is 5.54 Å². The molecule has 1 aliphatic heterocycles. The minimum atomic E-state index is -0.703. The molecule has 0 atom stereocenters. The number of rotatable bonds is 10. The highest BCUT2D eigenvalue weighted by Crippen LogP contribution is 2.35. The van der Waals surface area contributed by atoms with Gasteiger partial charge in [0, 0.05) is 32.7 Å². The molecule has 32 heavy (non-hydrogen) atoms. The van der Waals surface area contributed by atoms with Gasteiger partial charge in [-0.25, -0.2) is 9.78 Å². The van der Waals surface area contributed by atoms with Crippen molar-refractivity contribution in [2.75, 3.05) is 25.1 Å². The van der Waals surface area contributed by atoms with Crippen molar-refractivity contribution in [1.82, 2.24) is 19.8 Å². The van der Waals surface area contributed by atoms with Crippen molar-refractivity contribution in [3.8, 4) is 0 Å². The smallest absolute Gasteiger partial charge is 0.325 e. The Labute approximate surface area is 187 Å². The molecule has 1 spiro atoms. The van der Waals surface area contributed by atoms with Crippen LogP contribution in [-0.2, 0) is 20.9 Å². The van der Waals surface area contributed by atoms with Crippen molar-refractivity contribution in [3.05, 3.63) is 24.3 Å². The van der Waals surface area contributed by atoms with Gasteiger partial charge in [-0.1, -0.05) is 25.0 Å². The number of para-hydroxylation sites is 2. The maximum absolute atomic E-state index is 12.7. The van der Waals surface area contributed by atoms with E-state index in [9.17, 15) is 14.4 Å². The van der Waals surface area contributed by atoms with Gasteiger partial charge in [0.15, 0.2) is 0 Å². The second kappa shape index (κ2) is 9.68. The molecule has 1 saturated heterocycles. The summed E-state index contributed by atoms with van der Waals surface area (Å²) in [5, 5.41) is 5.78. The fraction of sp³-hybridized carbons (Fsp3) is 0.565. The molecule has 1 aliphatic carbocycles. The zero-order valence-corrected chi connectivity index (χ0v) is 18.6. The van der Waals surface area contributed by atoms with Crippen LogP contribution in [-0.4, -0.2) is 57.6 Å². The van der Waals surface area contributed by atoms with Crippen LogP contribution in [0, 0.1) is 0 Å². The molecule has 1 saturated carbocycles. The molecule has 2 aliphatic rings. The van der Waals surface area contributed by atoms with Gasteiger partial charge in [-0.2, -0.15) is 0 Å². The number of imidazole rings is 1. The van der Waals surface area contributed by atoms with E-state index >= 15 is 0 Å². The van der Waals surface area contributed by atoms with E-state index in [-0.39, 0.29) is 30.8 Å². The van der Waals surface area contributed by atoms with Crippen LogP contribution < -0.4 is 10.6 Å². The molecule has 0 radical (unpaired) electrons. The van der Waals surface area contributed by atoms with E-state index in [1.807, 2.05) is 35.8 Å². The summed E-state index contributed by atoms with van der Waals surface area (Å²) in [4.78, 5) is 43.4. The molecule has 2 heterocycles. The predicted octanol–water partition coefficient (Wildman–Crippen LogP) is 3.05. The Balaban J connectivity index is 1.34. The Kier molecular flexibility index (Phi) is 6.74. The molecule has 2 N–H and O–H groups in total. The van der Waals surface area contributed by atoms with E-state index in [1.54, 1.807) is 0 Å². The third-order valence-electron chi connectivity index (χ3n) is 6.27. The van der Waals surface area contributed by atoms with E-state index in [2.05, 4.69) is 15.6 Å². The predicted molar refractivity (Wildman–Crippen MR) is 120 cm³/mol. The Bertz CT molecular complexity index is 995. The van der Waals surface area contributed by atoms with E-state index in [0.29, 0.717) is 45.0 Å². The minimum Gasteiger partial charge on any atom is -0.382 e. The number of amides is 4. The van der Waals surface area contributed by atoms with E-state index in [1.165, 1.54) is 4.90 Å². The first-order valence-electron chi connectivity index (χ1n) is 11.5. The van der Waals surface area contributed by atoms with Gasteiger partial charge in [0.1, 0.15) is 5.54 Å². The van der Waals surface area contributed by atoms with Crippen LogP contribution in [0.2, 0.25) is 0 Å². The van der Waals surface area contributed by atoms with Gasteiger partial charge in [-0.05, 0) is 44.7 Å². The normalized spacial score (nSPS) is 17.5. The van der Waals surface area contributed by atoms with Crippen LogP contribution in [0.1, 0.15) is 51.9 Å². The molecule has 1 aromatic carbocycles. The monoisotopic (exact) mass is 441 g/mol. The van der Waals surface area contributed by atoms with Crippen molar-refractivity contribution < 1.29 is 19.1 Å². The van der Waals surface area contributed by atoms with Crippen LogP contribution in [0.3, 0.4) is 0 Å². The topological polar surface area (TPSA) is 106 Å². The van der Waals surface area contributed by atoms with Crippen LogP contribution in [0.4, 0.5) is 10.7 Å². The molecular formula is C23H31N5O4. The number of anilines is 1. The van der Waals surface area contributed by atoms with Gasteiger partial charge in [0.05, 0.1) is 11.0 Å². The van der Waals surface area contributed by atoms with Crippen LogP contribution >= 0.6 is 0 Å². The number of fused-ring (bicyclic) bond motifs is 1. The Hall–Kier alpha value is -2.94. The second-order valence-corrected chi connectivity index (χ2v) is 8.45. The molecule has 9 nitrogen and oxygen atoms in total. The lowest BCUT2D eigenvalue weighted by atomic mass is 9.98. The molecule has 4 amide bonds. The lowest BCUT2D eigenvalue weighted by Gasteiger charge is -2.19. The van der Waals surface area contributed by atoms with Gasteiger partial charge in [-0.3, -0.25) is 19.8 Å². The molecule has 4 rings (SSSR count). The zero-order chi connectivity index (χ0) is 22.6. The summed E-state index contributed by atoms with van der Waals surface area (Å²) in [5.74, 6) is 0.179. The first-order chi connectivity index (χ1) is 15.5. The number of nitrogens with one attached hydrogen (secondary N) is 2. The van der Waals surface area contributed by atoms with Crippen molar-refractivity contribution >= 4 is 34.8 Å². The lowest BCUT2D eigenvalue weighted by Crippen LogP contribution is -2.44. The largest absolute Gasteiger partial charge is 0.382 e. The fourth-order valence-electron chi connectivity index (χ4n) is 4.65. The second-order valence-electron chi connectivity index (χ2n) is 8.45. The van der Waals surface area contributed by atoms with Gasteiger partial charge in [-0.15, -0.1) is 0 Å². The van der Waals surface area contributed by atoms with Gasteiger partial charge in [0.2, 0.25) is 11.9 Å². The minimum absolute atomic E-state index is 0.142.